The first-order valence-electron chi connectivity index (χ1n) is 6.09. The minimum Gasteiger partial charge on any atom is -0.481 e. The lowest BCUT2D eigenvalue weighted by Gasteiger charge is -2.27. The Hall–Kier alpha value is -1.15. The van der Waals surface area contributed by atoms with Gasteiger partial charge < -0.3 is 9.84 Å². The van der Waals surface area contributed by atoms with Crippen molar-refractivity contribution in [2.24, 2.45) is 5.92 Å². The molecule has 0 radical (unpaired) electrons. The summed E-state index contributed by atoms with van der Waals surface area (Å²) in [4.78, 5) is 22.1. The Morgan fingerprint density at radius 2 is 2.00 bits per heavy atom. The molecule has 0 spiro atoms. The molecule has 1 rings (SSSR count). The highest BCUT2D eigenvalue weighted by atomic mass is 32.2. The van der Waals surface area contributed by atoms with Gasteiger partial charge in [0, 0.05) is 6.04 Å². The third-order valence-corrected chi connectivity index (χ3v) is 5.14. The van der Waals surface area contributed by atoms with Crippen molar-refractivity contribution in [1.82, 2.24) is 4.72 Å². The number of nitrogens with one attached hydrogen (secondary N) is 1. The Balaban J connectivity index is 2.68. The molecule has 0 aromatic rings. The Morgan fingerprint density at radius 3 is 2.53 bits per heavy atom. The molecule has 7 nitrogen and oxygen atoms in total. The number of sulfonamides is 1. The van der Waals surface area contributed by atoms with Crippen molar-refractivity contribution in [2.75, 3.05) is 7.11 Å². The zero-order valence-electron chi connectivity index (χ0n) is 11.0. The standard InChI is InChI=1S/C11H19NO6S/c1-7(11(15)18-2)19(16,17)12-9-5-3-4-8(6-9)10(13)14/h7-9,12H,3-6H2,1-2H3,(H,13,14). The highest BCUT2D eigenvalue weighted by Gasteiger charge is 2.34. The summed E-state index contributed by atoms with van der Waals surface area (Å²) in [6, 6.07) is -0.438. The van der Waals surface area contributed by atoms with Gasteiger partial charge in [0.1, 0.15) is 0 Å². The second-order valence-electron chi connectivity index (χ2n) is 4.73. The van der Waals surface area contributed by atoms with Gasteiger partial charge >= 0.3 is 11.9 Å². The highest BCUT2D eigenvalue weighted by molar-refractivity contribution is 7.90. The Morgan fingerprint density at radius 1 is 1.37 bits per heavy atom. The number of hydrogen-bond donors (Lipinski definition) is 2. The molecule has 0 saturated heterocycles. The van der Waals surface area contributed by atoms with E-state index < -0.39 is 39.2 Å². The monoisotopic (exact) mass is 293 g/mol. The molecule has 2 N–H and O–H groups in total. The number of ether oxygens (including phenoxy) is 1. The number of carboxylic acids is 1. The maximum absolute atomic E-state index is 11.9. The van der Waals surface area contributed by atoms with E-state index in [-0.39, 0.29) is 6.42 Å². The van der Waals surface area contributed by atoms with E-state index in [0.29, 0.717) is 19.3 Å². The van der Waals surface area contributed by atoms with Crippen molar-refractivity contribution >= 4 is 22.0 Å². The number of carboxylic acid groups (broad SMARTS) is 1. The summed E-state index contributed by atoms with van der Waals surface area (Å²) in [6.45, 7) is 1.24. The number of aliphatic carboxylic acids is 1. The summed E-state index contributed by atoms with van der Waals surface area (Å²) in [5.74, 6) is -2.28. The van der Waals surface area contributed by atoms with E-state index >= 15 is 0 Å². The second kappa shape index (κ2) is 6.33. The van der Waals surface area contributed by atoms with Crippen LogP contribution in [0.25, 0.3) is 0 Å². The Bertz CT molecular complexity index is 446. The molecular weight excluding hydrogens is 274 g/mol. The summed E-state index contributed by atoms with van der Waals surface area (Å²) >= 11 is 0. The van der Waals surface area contributed by atoms with Gasteiger partial charge in [0.15, 0.2) is 5.25 Å². The van der Waals surface area contributed by atoms with Gasteiger partial charge in [-0.05, 0) is 26.2 Å². The average Bonchev–Trinajstić information content (AvgIpc) is 2.36. The Kier molecular flexibility index (Phi) is 5.30. The van der Waals surface area contributed by atoms with Crippen LogP contribution in [0, 0.1) is 5.92 Å². The molecule has 0 aromatic heterocycles. The minimum absolute atomic E-state index is 0.252. The third-order valence-electron chi connectivity index (χ3n) is 3.35. The van der Waals surface area contributed by atoms with Crippen LogP contribution in [0.15, 0.2) is 0 Å². The first-order chi connectivity index (χ1) is 8.77. The average molecular weight is 293 g/mol. The summed E-state index contributed by atoms with van der Waals surface area (Å²) in [6.07, 6.45) is 2.04. The van der Waals surface area contributed by atoms with Gasteiger partial charge in [0.2, 0.25) is 10.0 Å². The van der Waals surface area contributed by atoms with Crippen molar-refractivity contribution in [3.05, 3.63) is 0 Å². The van der Waals surface area contributed by atoms with Crippen molar-refractivity contribution in [2.45, 2.75) is 43.9 Å². The van der Waals surface area contributed by atoms with Crippen LogP contribution in [0.4, 0.5) is 0 Å². The van der Waals surface area contributed by atoms with Gasteiger partial charge in [0.25, 0.3) is 0 Å². The summed E-state index contributed by atoms with van der Waals surface area (Å²) in [5.41, 5.74) is 0. The van der Waals surface area contributed by atoms with Crippen LogP contribution < -0.4 is 4.72 Å². The largest absolute Gasteiger partial charge is 0.481 e. The minimum atomic E-state index is -3.84. The number of hydrogen-bond acceptors (Lipinski definition) is 5. The van der Waals surface area contributed by atoms with Crippen LogP contribution in [0.5, 0.6) is 0 Å². The smallest absolute Gasteiger partial charge is 0.325 e. The fourth-order valence-corrected chi connectivity index (χ4v) is 3.38. The van der Waals surface area contributed by atoms with Gasteiger partial charge in [0.05, 0.1) is 13.0 Å². The van der Waals surface area contributed by atoms with Crippen molar-refractivity contribution in [1.29, 1.82) is 0 Å². The normalized spacial score (nSPS) is 25.6. The molecule has 0 amide bonds. The molecule has 110 valence electrons. The molecular formula is C11H19NO6S. The molecule has 1 fully saturated rings. The molecule has 19 heavy (non-hydrogen) atoms. The maximum Gasteiger partial charge on any atom is 0.325 e. The SMILES string of the molecule is COC(=O)C(C)S(=O)(=O)NC1CCCC(C(=O)O)C1. The predicted octanol–water partition coefficient (Wildman–Crippen LogP) is 0.111. The van der Waals surface area contributed by atoms with E-state index in [1.165, 1.54) is 6.92 Å². The Labute approximate surface area is 112 Å². The predicted molar refractivity (Wildman–Crippen MR) is 66.9 cm³/mol. The van der Waals surface area contributed by atoms with E-state index in [4.69, 9.17) is 5.11 Å². The van der Waals surface area contributed by atoms with Gasteiger partial charge in [-0.3, -0.25) is 9.59 Å². The summed E-state index contributed by atoms with van der Waals surface area (Å²) < 4.78 is 30.6. The summed E-state index contributed by atoms with van der Waals surface area (Å²) in [7, 11) is -2.72. The first-order valence-corrected chi connectivity index (χ1v) is 7.64. The second-order valence-corrected chi connectivity index (χ2v) is 6.76. The lowest BCUT2D eigenvalue weighted by molar-refractivity contribution is -0.143. The third kappa shape index (κ3) is 4.17. The summed E-state index contributed by atoms with van der Waals surface area (Å²) in [5, 5.41) is 7.64. The molecule has 0 aliphatic heterocycles. The molecule has 0 heterocycles. The van der Waals surface area contributed by atoms with Crippen LogP contribution in [-0.4, -0.2) is 43.9 Å². The molecule has 8 heteroatoms. The van der Waals surface area contributed by atoms with Crippen LogP contribution in [-0.2, 0) is 24.3 Å². The highest BCUT2D eigenvalue weighted by Crippen LogP contribution is 2.25. The fraction of sp³-hybridized carbons (Fsp3) is 0.818. The van der Waals surface area contributed by atoms with Crippen LogP contribution in [0.1, 0.15) is 32.6 Å². The van der Waals surface area contributed by atoms with Crippen molar-refractivity contribution in [3.8, 4) is 0 Å². The van der Waals surface area contributed by atoms with E-state index in [1.807, 2.05) is 0 Å². The number of methoxy groups -OCH3 is 1. The van der Waals surface area contributed by atoms with Crippen LogP contribution >= 0.6 is 0 Å². The van der Waals surface area contributed by atoms with Crippen LogP contribution in [0.3, 0.4) is 0 Å². The van der Waals surface area contributed by atoms with Gasteiger partial charge in [-0.2, -0.15) is 0 Å². The quantitative estimate of drug-likeness (QED) is 0.696. The van der Waals surface area contributed by atoms with E-state index in [1.54, 1.807) is 0 Å². The molecule has 1 aliphatic carbocycles. The molecule has 0 aromatic carbocycles. The molecule has 3 atom stereocenters. The van der Waals surface area contributed by atoms with Gasteiger partial charge in [-0.15, -0.1) is 0 Å². The van der Waals surface area contributed by atoms with E-state index in [2.05, 4.69) is 9.46 Å². The van der Waals surface area contributed by atoms with Crippen LogP contribution in [0.2, 0.25) is 0 Å². The lowest BCUT2D eigenvalue weighted by Crippen LogP contribution is -2.45. The maximum atomic E-state index is 11.9. The lowest BCUT2D eigenvalue weighted by atomic mass is 9.86. The van der Waals surface area contributed by atoms with E-state index in [0.717, 1.165) is 7.11 Å². The van der Waals surface area contributed by atoms with Crippen molar-refractivity contribution < 1.29 is 27.9 Å². The number of carbonyl (C=O) groups is 2. The zero-order chi connectivity index (χ0) is 14.6. The number of rotatable bonds is 5. The molecule has 1 aliphatic rings. The molecule has 1 saturated carbocycles. The van der Waals surface area contributed by atoms with E-state index in [9.17, 15) is 18.0 Å². The molecule has 3 unspecified atom stereocenters. The zero-order valence-corrected chi connectivity index (χ0v) is 11.8. The number of esters is 1. The fourth-order valence-electron chi connectivity index (χ4n) is 2.15. The number of carbonyl (C=O) groups excluding carboxylic acids is 1. The molecule has 0 bridgehead atoms. The first kappa shape index (κ1) is 15.9. The van der Waals surface area contributed by atoms with Gasteiger partial charge in [-0.25, -0.2) is 13.1 Å². The topological polar surface area (TPSA) is 110 Å². The van der Waals surface area contributed by atoms with Gasteiger partial charge in [-0.1, -0.05) is 6.42 Å². The van der Waals surface area contributed by atoms with Crippen molar-refractivity contribution in [3.63, 3.8) is 0 Å².